The van der Waals surface area contributed by atoms with Gasteiger partial charge < -0.3 is 10.6 Å². The molecule has 0 atom stereocenters. The van der Waals surface area contributed by atoms with E-state index in [1.807, 2.05) is 67.6 Å². The molecule has 0 heterocycles. The van der Waals surface area contributed by atoms with E-state index in [-0.39, 0.29) is 17.5 Å². The lowest BCUT2D eigenvalue weighted by atomic mass is 10.1. The number of carbonyl (C=O) groups is 2. The summed E-state index contributed by atoms with van der Waals surface area (Å²) in [5.41, 5.74) is 3.19. The highest BCUT2D eigenvalue weighted by molar-refractivity contribution is 6.10. The summed E-state index contributed by atoms with van der Waals surface area (Å²) in [6.45, 7) is 1.95. The number of amides is 2. The molecule has 0 aliphatic heterocycles. The Labute approximate surface area is 158 Å². The molecule has 0 saturated carbocycles. The third-order valence-corrected chi connectivity index (χ3v) is 3.92. The summed E-state index contributed by atoms with van der Waals surface area (Å²) >= 11 is 0. The van der Waals surface area contributed by atoms with Gasteiger partial charge in [0.25, 0.3) is 11.8 Å². The second-order valence-electron chi connectivity index (χ2n) is 6.11. The van der Waals surface area contributed by atoms with Gasteiger partial charge in [-0.3, -0.25) is 9.59 Å². The molecular weight excluding hydrogens is 336 g/mol. The standard InChI is InChI=1S/C23H20N2O2/c1-17-9-8-14-20(15-17)24-23(27)21(16-18-10-4-2-5-11-18)25-22(26)19-12-6-3-7-13-19/h2-16H,1H3,(H,24,27)(H,25,26). The van der Waals surface area contributed by atoms with E-state index in [2.05, 4.69) is 10.6 Å². The lowest BCUT2D eigenvalue weighted by Crippen LogP contribution is -2.30. The normalized spacial score (nSPS) is 10.9. The predicted octanol–water partition coefficient (Wildman–Crippen LogP) is 4.40. The summed E-state index contributed by atoms with van der Waals surface area (Å²) in [7, 11) is 0. The molecule has 0 unspecified atom stereocenters. The molecule has 0 spiro atoms. The van der Waals surface area contributed by atoms with Gasteiger partial charge in [0.1, 0.15) is 5.70 Å². The van der Waals surface area contributed by atoms with Gasteiger partial charge in [-0.15, -0.1) is 0 Å². The topological polar surface area (TPSA) is 58.2 Å². The lowest BCUT2D eigenvalue weighted by Gasteiger charge is -2.12. The summed E-state index contributed by atoms with van der Waals surface area (Å²) in [4.78, 5) is 25.3. The van der Waals surface area contributed by atoms with E-state index in [0.29, 0.717) is 11.3 Å². The number of aryl methyl sites for hydroxylation is 1. The number of benzene rings is 3. The van der Waals surface area contributed by atoms with Gasteiger partial charge in [-0.1, -0.05) is 60.7 Å². The van der Waals surface area contributed by atoms with Crippen molar-refractivity contribution in [2.75, 3.05) is 5.32 Å². The average molecular weight is 356 g/mol. The van der Waals surface area contributed by atoms with Crippen LogP contribution in [0.5, 0.6) is 0 Å². The summed E-state index contributed by atoms with van der Waals surface area (Å²) in [6.07, 6.45) is 1.66. The molecule has 0 radical (unpaired) electrons. The van der Waals surface area contributed by atoms with Gasteiger partial charge in [-0.2, -0.15) is 0 Å². The van der Waals surface area contributed by atoms with Crippen LogP contribution in [0.3, 0.4) is 0 Å². The highest BCUT2D eigenvalue weighted by Crippen LogP contribution is 2.13. The Kier molecular flexibility index (Phi) is 5.80. The largest absolute Gasteiger partial charge is 0.321 e. The van der Waals surface area contributed by atoms with Crippen LogP contribution in [0, 0.1) is 6.92 Å². The zero-order chi connectivity index (χ0) is 19.1. The molecule has 3 rings (SSSR count). The molecule has 4 nitrogen and oxygen atoms in total. The Bertz CT molecular complexity index is 964. The quantitative estimate of drug-likeness (QED) is 0.666. The zero-order valence-electron chi connectivity index (χ0n) is 15.0. The molecule has 3 aromatic rings. The summed E-state index contributed by atoms with van der Waals surface area (Å²) in [6, 6.07) is 25.7. The van der Waals surface area contributed by atoms with Crippen molar-refractivity contribution < 1.29 is 9.59 Å². The Balaban J connectivity index is 1.86. The van der Waals surface area contributed by atoms with Crippen LogP contribution in [0.4, 0.5) is 5.69 Å². The summed E-state index contributed by atoms with van der Waals surface area (Å²) in [5, 5.41) is 5.56. The van der Waals surface area contributed by atoms with E-state index in [1.165, 1.54) is 0 Å². The zero-order valence-corrected chi connectivity index (χ0v) is 15.0. The molecule has 0 aromatic heterocycles. The van der Waals surface area contributed by atoms with Crippen molar-refractivity contribution >= 4 is 23.6 Å². The molecular formula is C23H20N2O2. The molecule has 0 bridgehead atoms. The first-order valence-corrected chi connectivity index (χ1v) is 8.63. The Morgan fingerprint density at radius 3 is 2.15 bits per heavy atom. The SMILES string of the molecule is Cc1cccc(NC(=O)C(=Cc2ccccc2)NC(=O)c2ccccc2)c1. The number of anilines is 1. The Morgan fingerprint density at radius 1 is 0.815 bits per heavy atom. The van der Waals surface area contributed by atoms with E-state index in [1.54, 1.807) is 30.3 Å². The van der Waals surface area contributed by atoms with E-state index in [9.17, 15) is 9.59 Å². The van der Waals surface area contributed by atoms with Crippen molar-refractivity contribution in [3.8, 4) is 0 Å². The van der Waals surface area contributed by atoms with Crippen molar-refractivity contribution in [3.05, 3.63) is 107 Å². The fourth-order valence-electron chi connectivity index (χ4n) is 2.58. The number of nitrogens with one attached hydrogen (secondary N) is 2. The van der Waals surface area contributed by atoms with E-state index in [4.69, 9.17) is 0 Å². The lowest BCUT2D eigenvalue weighted by molar-refractivity contribution is -0.113. The highest BCUT2D eigenvalue weighted by atomic mass is 16.2. The van der Waals surface area contributed by atoms with E-state index in [0.717, 1.165) is 11.1 Å². The molecule has 0 fully saturated rings. The van der Waals surface area contributed by atoms with Crippen molar-refractivity contribution in [1.29, 1.82) is 0 Å². The Morgan fingerprint density at radius 2 is 1.48 bits per heavy atom. The van der Waals surface area contributed by atoms with Crippen molar-refractivity contribution in [3.63, 3.8) is 0 Å². The van der Waals surface area contributed by atoms with Gasteiger partial charge in [-0.05, 0) is 48.4 Å². The predicted molar refractivity (Wildman–Crippen MR) is 108 cm³/mol. The molecule has 3 aromatic carbocycles. The molecule has 0 saturated heterocycles. The first-order chi connectivity index (χ1) is 13.1. The minimum absolute atomic E-state index is 0.177. The van der Waals surface area contributed by atoms with Crippen LogP contribution in [0.25, 0.3) is 6.08 Å². The maximum Gasteiger partial charge on any atom is 0.272 e. The smallest absolute Gasteiger partial charge is 0.272 e. The summed E-state index contributed by atoms with van der Waals surface area (Å²) in [5.74, 6) is -0.717. The molecule has 2 amide bonds. The molecule has 2 N–H and O–H groups in total. The van der Waals surface area contributed by atoms with Gasteiger partial charge in [-0.25, -0.2) is 0 Å². The highest BCUT2D eigenvalue weighted by Gasteiger charge is 2.15. The van der Waals surface area contributed by atoms with E-state index < -0.39 is 0 Å². The second kappa shape index (κ2) is 8.63. The molecule has 27 heavy (non-hydrogen) atoms. The molecule has 134 valence electrons. The Hall–Kier alpha value is -3.66. The van der Waals surface area contributed by atoms with Crippen molar-refractivity contribution in [1.82, 2.24) is 5.32 Å². The fourth-order valence-corrected chi connectivity index (χ4v) is 2.58. The minimum atomic E-state index is -0.381. The first kappa shape index (κ1) is 18.1. The van der Waals surface area contributed by atoms with Crippen LogP contribution < -0.4 is 10.6 Å². The molecule has 4 heteroatoms. The third-order valence-electron chi connectivity index (χ3n) is 3.92. The molecule has 0 aliphatic carbocycles. The van der Waals surface area contributed by atoms with Crippen LogP contribution in [-0.2, 0) is 4.79 Å². The van der Waals surface area contributed by atoms with Crippen LogP contribution in [0.2, 0.25) is 0 Å². The van der Waals surface area contributed by atoms with Crippen LogP contribution in [0.15, 0.2) is 90.6 Å². The van der Waals surface area contributed by atoms with Crippen molar-refractivity contribution in [2.45, 2.75) is 6.92 Å². The maximum atomic E-state index is 12.8. The molecule has 0 aliphatic rings. The van der Waals surface area contributed by atoms with Gasteiger partial charge in [0, 0.05) is 11.3 Å². The number of rotatable bonds is 5. The van der Waals surface area contributed by atoms with Crippen LogP contribution >= 0.6 is 0 Å². The van der Waals surface area contributed by atoms with Gasteiger partial charge in [0.15, 0.2) is 0 Å². The number of hydrogen-bond donors (Lipinski definition) is 2. The van der Waals surface area contributed by atoms with E-state index >= 15 is 0 Å². The average Bonchev–Trinajstić information content (AvgIpc) is 2.69. The van der Waals surface area contributed by atoms with Crippen LogP contribution in [0.1, 0.15) is 21.5 Å². The van der Waals surface area contributed by atoms with Crippen LogP contribution in [-0.4, -0.2) is 11.8 Å². The number of carbonyl (C=O) groups excluding carboxylic acids is 2. The van der Waals surface area contributed by atoms with Gasteiger partial charge >= 0.3 is 0 Å². The second-order valence-corrected chi connectivity index (χ2v) is 6.11. The maximum absolute atomic E-state index is 12.8. The monoisotopic (exact) mass is 356 g/mol. The van der Waals surface area contributed by atoms with Gasteiger partial charge in [0.2, 0.25) is 0 Å². The summed E-state index contributed by atoms with van der Waals surface area (Å²) < 4.78 is 0. The first-order valence-electron chi connectivity index (χ1n) is 8.63. The van der Waals surface area contributed by atoms with Crippen molar-refractivity contribution in [2.24, 2.45) is 0 Å². The third kappa shape index (κ3) is 5.16. The minimum Gasteiger partial charge on any atom is -0.321 e. The van der Waals surface area contributed by atoms with Gasteiger partial charge in [0.05, 0.1) is 0 Å². The fraction of sp³-hybridized carbons (Fsp3) is 0.0435. The number of hydrogen-bond acceptors (Lipinski definition) is 2.